The first-order valence-corrected chi connectivity index (χ1v) is 8.89. The predicted octanol–water partition coefficient (Wildman–Crippen LogP) is 4.52. The highest BCUT2D eigenvalue weighted by Crippen LogP contribution is 2.25. The van der Waals surface area contributed by atoms with Crippen molar-refractivity contribution in [2.24, 2.45) is 0 Å². The van der Waals surface area contributed by atoms with Crippen LogP contribution in [0.5, 0.6) is 5.75 Å². The lowest BCUT2D eigenvalue weighted by Gasteiger charge is -2.09. The molecule has 0 saturated carbocycles. The predicted molar refractivity (Wildman–Crippen MR) is 107 cm³/mol. The lowest BCUT2D eigenvalue weighted by molar-refractivity contribution is -0.118. The van der Waals surface area contributed by atoms with E-state index in [2.05, 4.69) is 21.4 Å². The van der Waals surface area contributed by atoms with Crippen molar-refractivity contribution in [1.29, 1.82) is 0 Å². The highest BCUT2D eigenvalue weighted by molar-refractivity contribution is 5.94. The van der Waals surface area contributed by atoms with Gasteiger partial charge in [0.05, 0.1) is 5.56 Å². The van der Waals surface area contributed by atoms with E-state index in [9.17, 15) is 4.79 Å². The normalized spacial score (nSPS) is 10.8. The van der Waals surface area contributed by atoms with Crippen molar-refractivity contribution in [3.63, 3.8) is 0 Å². The molecular weight excluding hydrogens is 354 g/mol. The number of rotatable bonds is 5. The largest absolute Gasteiger partial charge is 0.484 e. The molecule has 0 spiro atoms. The van der Waals surface area contributed by atoms with Crippen LogP contribution in [0.4, 0.5) is 5.69 Å². The maximum atomic E-state index is 12.2. The number of nitrogens with zero attached hydrogens (tertiary/aromatic N) is 2. The first-order chi connectivity index (χ1) is 13.6. The first kappa shape index (κ1) is 17.7. The summed E-state index contributed by atoms with van der Waals surface area (Å²) in [6.07, 6.45) is 3.39. The zero-order valence-electron chi connectivity index (χ0n) is 15.6. The minimum absolute atomic E-state index is 0.0688. The van der Waals surface area contributed by atoms with Crippen LogP contribution in [0, 0.1) is 13.8 Å². The second-order valence-corrected chi connectivity index (χ2v) is 6.60. The van der Waals surface area contributed by atoms with E-state index in [-0.39, 0.29) is 12.5 Å². The quantitative estimate of drug-likeness (QED) is 0.556. The van der Waals surface area contributed by atoms with E-state index in [1.54, 1.807) is 30.6 Å². The molecule has 0 atom stereocenters. The molecule has 140 valence electrons. The van der Waals surface area contributed by atoms with Crippen LogP contribution >= 0.6 is 0 Å². The number of fused-ring (bicyclic) bond motifs is 1. The van der Waals surface area contributed by atoms with Crippen molar-refractivity contribution in [3.05, 3.63) is 72.1 Å². The third-order valence-electron chi connectivity index (χ3n) is 4.14. The van der Waals surface area contributed by atoms with Gasteiger partial charge in [0.15, 0.2) is 12.2 Å². The first-order valence-electron chi connectivity index (χ1n) is 8.89. The number of ether oxygens (including phenoxy) is 1. The van der Waals surface area contributed by atoms with Crippen molar-refractivity contribution in [2.45, 2.75) is 13.8 Å². The van der Waals surface area contributed by atoms with E-state index < -0.39 is 0 Å². The Morgan fingerprint density at radius 3 is 2.68 bits per heavy atom. The summed E-state index contributed by atoms with van der Waals surface area (Å²) in [7, 11) is 0. The number of hydrogen-bond acceptors (Lipinski definition) is 5. The van der Waals surface area contributed by atoms with Crippen molar-refractivity contribution in [1.82, 2.24) is 9.97 Å². The average Bonchev–Trinajstić information content (AvgIpc) is 3.10. The Morgan fingerprint density at radius 2 is 1.93 bits per heavy atom. The molecule has 0 aliphatic carbocycles. The molecule has 4 aromatic rings. The number of anilines is 1. The minimum Gasteiger partial charge on any atom is -0.484 e. The number of aromatic nitrogens is 2. The molecule has 2 heterocycles. The molecule has 28 heavy (non-hydrogen) atoms. The van der Waals surface area contributed by atoms with E-state index in [1.807, 2.05) is 38.1 Å². The summed E-state index contributed by atoms with van der Waals surface area (Å²) < 4.78 is 11.4. The van der Waals surface area contributed by atoms with E-state index in [4.69, 9.17) is 9.15 Å². The second-order valence-electron chi connectivity index (χ2n) is 6.60. The van der Waals surface area contributed by atoms with Crippen LogP contribution in [0.15, 0.2) is 65.3 Å². The Kier molecular flexibility index (Phi) is 4.76. The molecule has 0 bridgehead atoms. The molecule has 0 fully saturated rings. The summed E-state index contributed by atoms with van der Waals surface area (Å²) in [5, 5.41) is 2.82. The molecule has 2 aromatic carbocycles. The van der Waals surface area contributed by atoms with Gasteiger partial charge >= 0.3 is 0 Å². The number of nitrogens with one attached hydrogen (secondary N) is 1. The van der Waals surface area contributed by atoms with Crippen LogP contribution in [0.2, 0.25) is 0 Å². The molecule has 1 N–H and O–H groups in total. The van der Waals surface area contributed by atoms with Crippen molar-refractivity contribution < 1.29 is 13.9 Å². The molecule has 2 aromatic heterocycles. The Hall–Kier alpha value is -3.67. The SMILES string of the molecule is Cc1cc(C)cc(OCC(=O)Nc2ccc3oc(-c4cccnc4)nc3c2)c1. The summed E-state index contributed by atoms with van der Waals surface area (Å²) in [5.74, 6) is 0.930. The summed E-state index contributed by atoms with van der Waals surface area (Å²) in [4.78, 5) is 20.8. The lowest BCUT2D eigenvalue weighted by atomic mass is 10.1. The zero-order valence-corrected chi connectivity index (χ0v) is 15.6. The summed E-state index contributed by atoms with van der Waals surface area (Å²) in [6, 6.07) is 14.9. The van der Waals surface area contributed by atoms with Gasteiger partial charge in [0.2, 0.25) is 5.89 Å². The summed E-state index contributed by atoms with van der Waals surface area (Å²) in [6.45, 7) is 3.92. The van der Waals surface area contributed by atoms with Gasteiger partial charge in [-0.15, -0.1) is 0 Å². The molecule has 1 amide bonds. The number of carbonyl (C=O) groups excluding carboxylic acids is 1. The van der Waals surface area contributed by atoms with Crippen molar-refractivity contribution in [3.8, 4) is 17.2 Å². The molecule has 0 saturated heterocycles. The average molecular weight is 373 g/mol. The summed E-state index contributed by atoms with van der Waals surface area (Å²) >= 11 is 0. The molecular formula is C22H19N3O3. The zero-order chi connectivity index (χ0) is 19.5. The van der Waals surface area contributed by atoms with Gasteiger partial charge in [-0.1, -0.05) is 6.07 Å². The number of carbonyl (C=O) groups is 1. The fourth-order valence-corrected chi connectivity index (χ4v) is 2.98. The lowest BCUT2D eigenvalue weighted by Crippen LogP contribution is -2.20. The molecule has 0 radical (unpaired) electrons. The highest BCUT2D eigenvalue weighted by atomic mass is 16.5. The molecule has 4 rings (SSSR count). The fourth-order valence-electron chi connectivity index (χ4n) is 2.98. The van der Waals surface area contributed by atoms with Gasteiger partial charge in [0, 0.05) is 18.1 Å². The highest BCUT2D eigenvalue weighted by Gasteiger charge is 2.10. The Bertz CT molecular complexity index is 1120. The van der Waals surface area contributed by atoms with Crippen LogP contribution in [0.3, 0.4) is 0 Å². The van der Waals surface area contributed by atoms with Crippen LogP contribution in [-0.2, 0) is 4.79 Å². The smallest absolute Gasteiger partial charge is 0.262 e. The molecule has 0 unspecified atom stereocenters. The Labute approximate surface area is 162 Å². The number of hydrogen-bond donors (Lipinski definition) is 1. The van der Waals surface area contributed by atoms with E-state index in [0.717, 1.165) is 16.7 Å². The fraction of sp³-hybridized carbons (Fsp3) is 0.136. The molecule has 6 nitrogen and oxygen atoms in total. The van der Waals surface area contributed by atoms with Gasteiger partial charge in [0.1, 0.15) is 11.3 Å². The standard InChI is InChI=1S/C22H19N3O3/c1-14-8-15(2)10-18(9-14)27-13-21(26)24-17-5-6-20-19(11-17)25-22(28-20)16-4-3-7-23-12-16/h3-12H,13H2,1-2H3,(H,24,26). The van der Waals surface area contributed by atoms with Crippen molar-refractivity contribution in [2.75, 3.05) is 11.9 Å². The van der Waals surface area contributed by atoms with Gasteiger partial charge in [-0.25, -0.2) is 4.98 Å². The molecule has 6 heteroatoms. The van der Waals surface area contributed by atoms with Gasteiger partial charge in [0.25, 0.3) is 5.91 Å². The van der Waals surface area contributed by atoms with E-state index in [1.165, 1.54) is 0 Å². The summed E-state index contributed by atoms with van der Waals surface area (Å²) in [5.41, 5.74) is 4.92. The number of pyridine rings is 1. The number of oxazole rings is 1. The van der Waals surface area contributed by atoms with Crippen LogP contribution < -0.4 is 10.1 Å². The molecule has 0 aliphatic heterocycles. The van der Waals surface area contributed by atoms with Gasteiger partial charge in [-0.05, 0) is 67.4 Å². The van der Waals surface area contributed by atoms with Gasteiger partial charge in [-0.3, -0.25) is 9.78 Å². The third-order valence-corrected chi connectivity index (χ3v) is 4.14. The van der Waals surface area contributed by atoms with Crippen molar-refractivity contribution >= 4 is 22.7 Å². The topological polar surface area (TPSA) is 77.2 Å². The minimum atomic E-state index is -0.241. The molecule has 0 aliphatic rings. The second kappa shape index (κ2) is 7.52. The van der Waals surface area contributed by atoms with Crippen LogP contribution in [0.25, 0.3) is 22.6 Å². The monoisotopic (exact) mass is 373 g/mol. The van der Waals surface area contributed by atoms with Gasteiger partial charge in [-0.2, -0.15) is 0 Å². The number of benzene rings is 2. The number of amides is 1. The number of aryl methyl sites for hydroxylation is 2. The van der Waals surface area contributed by atoms with E-state index >= 15 is 0 Å². The Balaban J connectivity index is 1.44. The maximum absolute atomic E-state index is 12.2. The third kappa shape index (κ3) is 4.01. The Morgan fingerprint density at radius 1 is 1.11 bits per heavy atom. The van der Waals surface area contributed by atoms with Crippen LogP contribution in [-0.4, -0.2) is 22.5 Å². The van der Waals surface area contributed by atoms with Crippen LogP contribution in [0.1, 0.15) is 11.1 Å². The van der Waals surface area contributed by atoms with E-state index in [0.29, 0.717) is 28.4 Å². The van der Waals surface area contributed by atoms with Gasteiger partial charge < -0.3 is 14.5 Å². The maximum Gasteiger partial charge on any atom is 0.262 e.